The number of aromatic nitrogens is 2. The fraction of sp³-hybridized carbons (Fsp3) is 0.294. The smallest absolute Gasteiger partial charge is 0.349 e. The Hall–Kier alpha value is -3.00. The number of fused-ring (bicyclic) bond motifs is 1. The molecule has 0 fully saturated rings. The maximum absolute atomic E-state index is 12.5. The van der Waals surface area contributed by atoms with Gasteiger partial charge in [-0.2, -0.15) is 4.98 Å². The Balaban J connectivity index is 1.77. The average molecular weight is 343 g/mol. The molecule has 25 heavy (non-hydrogen) atoms. The van der Waals surface area contributed by atoms with Crippen LogP contribution in [0, 0.1) is 0 Å². The van der Waals surface area contributed by atoms with Gasteiger partial charge >= 0.3 is 5.63 Å². The highest BCUT2D eigenvalue weighted by Gasteiger charge is 2.20. The molecule has 0 aliphatic heterocycles. The summed E-state index contributed by atoms with van der Waals surface area (Å²) in [7, 11) is 3.14. The van der Waals surface area contributed by atoms with Crippen molar-refractivity contribution < 1.29 is 18.5 Å². The molecule has 2 heterocycles. The first kappa shape index (κ1) is 16.8. The third-order valence-electron chi connectivity index (χ3n) is 3.63. The van der Waals surface area contributed by atoms with E-state index in [1.807, 2.05) is 0 Å². The Labute approximate surface area is 143 Å². The topological polar surface area (TPSA) is 98.7 Å². The van der Waals surface area contributed by atoms with Crippen LogP contribution in [0.25, 0.3) is 11.0 Å². The van der Waals surface area contributed by atoms with Gasteiger partial charge in [0, 0.05) is 26.0 Å². The van der Waals surface area contributed by atoms with Gasteiger partial charge in [0.2, 0.25) is 5.89 Å². The fourth-order valence-corrected chi connectivity index (χ4v) is 2.34. The number of ether oxygens (including phenoxy) is 1. The summed E-state index contributed by atoms with van der Waals surface area (Å²) >= 11 is 0. The first-order chi connectivity index (χ1) is 12.1. The molecule has 0 saturated carbocycles. The van der Waals surface area contributed by atoms with Crippen molar-refractivity contribution in [2.45, 2.75) is 13.0 Å². The molecule has 0 saturated heterocycles. The lowest BCUT2D eigenvalue weighted by molar-refractivity contribution is 0.0765. The van der Waals surface area contributed by atoms with Crippen molar-refractivity contribution >= 4 is 16.9 Å². The van der Waals surface area contributed by atoms with E-state index in [4.69, 9.17) is 13.7 Å². The molecule has 3 aromatic rings. The van der Waals surface area contributed by atoms with Gasteiger partial charge in [-0.1, -0.05) is 23.4 Å². The van der Waals surface area contributed by atoms with Gasteiger partial charge in [0.15, 0.2) is 5.82 Å². The second-order valence-electron chi connectivity index (χ2n) is 5.49. The van der Waals surface area contributed by atoms with Crippen LogP contribution >= 0.6 is 0 Å². The maximum Gasteiger partial charge on any atom is 0.349 e. The van der Waals surface area contributed by atoms with Crippen LogP contribution in [0.4, 0.5) is 0 Å². The predicted molar refractivity (Wildman–Crippen MR) is 88.2 cm³/mol. The van der Waals surface area contributed by atoms with Crippen LogP contribution in [0.2, 0.25) is 0 Å². The molecule has 8 nitrogen and oxygen atoms in total. The van der Waals surface area contributed by atoms with Crippen LogP contribution in [-0.2, 0) is 17.7 Å². The van der Waals surface area contributed by atoms with E-state index < -0.39 is 11.5 Å². The van der Waals surface area contributed by atoms with Gasteiger partial charge in [0.25, 0.3) is 5.91 Å². The first-order valence-electron chi connectivity index (χ1n) is 7.67. The molecule has 0 aliphatic carbocycles. The monoisotopic (exact) mass is 343 g/mol. The number of carbonyl (C=O) groups excluding carboxylic acids is 1. The van der Waals surface area contributed by atoms with Crippen LogP contribution in [0.5, 0.6) is 0 Å². The van der Waals surface area contributed by atoms with Crippen LogP contribution in [0.3, 0.4) is 0 Å². The summed E-state index contributed by atoms with van der Waals surface area (Å²) in [5, 5.41) is 4.49. The van der Waals surface area contributed by atoms with E-state index in [1.54, 1.807) is 38.4 Å². The number of rotatable bonds is 6. The third-order valence-corrected chi connectivity index (χ3v) is 3.63. The minimum Gasteiger partial charge on any atom is -0.422 e. The van der Waals surface area contributed by atoms with Crippen LogP contribution in [0.15, 0.2) is 44.1 Å². The number of hydrogen-bond acceptors (Lipinski definition) is 7. The summed E-state index contributed by atoms with van der Waals surface area (Å²) in [5.41, 5.74) is -0.284. The van der Waals surface area contributed by atoms with Crippen LogP contribution in [-0.4, -0.2) is 41.7 Å². The zero-order valence-electron chi connectivity index (χ0n) is 13.9. The van der Waals surface area contributed by atoms with Crippen molar-refractivity contribution in [2.75, 3.05) is 20.8 Å². The van der Waals surface area contributed by atoms with Crippen molar-refractivity contribution in [2.24, 2.45) is 0 Å². The Bertz CT molecular complexity index is 947. The summed E-state index contributed by atoms with van der Waals surface area (Å²) in [6.45, 7) is 0.566. The van der Waals surface area contributed by atoms with E-state index in [1.165, 1.54) is 11.0 Å². The number of hydrogen-bond donors (Lipinski definition) is 0. The highest BCUT2D eigenvalue weighted by Crippen LogP contribution is 2.14. The van der Waals surface area contributed by atoms with Gasteiger partial charge in [-0.05, 0) is 12.1 Å². The molecule has 1 amide bonds. The molecule has 0 spiro atoms. The standard InChI is InChI=1S/C17H17N3O5/c1-20(10-15-18-14(19-25-15)7-8-23-2)16(21)12-9-11-5-3-4-6-13(11)24-17(12)22/h3-6,9H,7-8,10H2,1-2H3. The minimum absolute atomic E-state index is 0.0414. The molecule has 3 rings (SSSR count). The normalized spacial score (nSPS) is 11.0. The van der Waals surface area contributed by atoms with Crippen molar-refractivity contribution in [3.05, 3.63) is 58.0 Å². The van der Waals surface area contributed by atoms with Gasteiger partial charge in [-0.15, -0.1) is 0 Å². The van der Waals surface area contributed by atoms with Gasteiger partial charge in [-0.3, -0.25) is 4.79 Å². The van der Waals surface area contributed by atoms with Gasteiger partial charge in [-0.25, -0.2) is 4.79 Å². The molecule has 0 atom stereocenters. The number of methoxy groups -OCH3 is 1. The number of para-hydroxylation sites is 1. The van der Waals surface area contributed by atoms with E-state index in [0.717, 1.165) is 0 Å². The summed E-state index contributed by atoms with van der Waals surface area (Å²) in [4.78, 5) is 30.1. The fourth-order valence-electron chi connectivity index (χ4n) is 2.34. The maximum atomic E-state index is 12.5. The molecular weight excluding hydrogens is 326 g/mol. The van der Waals surface area contributed by atoms with Crippen molar-refractivity contribution in [3.8, 4) is 0 Å². The molecule has 0 N–H and O–H groups in total. The van der Waals surface area contributed by atoms with E-state index in [0.29, 0.717) is 29.8 Å². The molecule has 130 valence electrons. The van der Waals surface area contributed by atoms with Gasteiger partial charge in [0.1, 0.15) is 11.1 Å². The molecule has 0 unspecified atom stereocenters. The number of carbonyl (C=O) groups is 1. The van der Waals surface area contributed by atoms with E-state index in [9.17, 15) is 9.59 Å². The lowest BCUT2D eigenvalue weighted by Gasteiger charge is -2.14. The zero-order valence-corrected chi connectivity index (χ0v) is 13.9. The Kier molecular flexibility index (Phi) is 4.90. The van der Waals surface area contributed by atoms with E-state index in [2.05, 4.69) is 10.1 Å². The van der Waals surface area contributed by atoms with E-state index >= 15 is 0 Å². The largest absolute Gasteiger partial charge is 0.422 e. The molecule has 0 aliphatic rings. The van der Waals surface area contributed by atoms with E-state index in [-0.39, 0.29) is 18.0 Å². The van der Waals surface area contributed by atoms with Gasteiger partial charge in [0.05, 0.1) is 13.2 Å². The second-order valence-corrected chi connectivity index (χ2v) is 5.49. The number of amides is 1. The lowest BCUT2D eigenvalue weighted by atomic mass is 10.1. The Morgan fingerprint density at radius 2 is 2.12 bits per heavy atom. The van der Waals surface area contributed by atoms with Crippen molar-refractivity contribution in [3.63, 3.8) is 0 Å². The molecular formula is C17H17N3O5. The predicted octanol–water partition coefficient (Wildman–Crippen LogP) is 1.64. The zero-order chi connectivity index (χ0) is 17.8. The summed E-state index contributed by atoms with van der Waals surface area (Å²) in [5.74, 6) is 0.311. The quantitative estimate of drug-likeness (QED) is 0.627. The summed E-state index contributed by atoms with van der Waals surface area (Å²) in [6.07, 6.45) is 0.520. The molecule has 0 radical (unpaired) electrons. The second kappa shape index (κ2) is 7.27. The van der Waals surface area contributed by atoms with Crippen molar-refractivity contribution in [1.29, 1.82) is 0 Å². The van der Waals surface area contributed by atoms with Crippen LogP contribution in [0.1, 0.15) is 22.1 Å². The highest BCUT2D eigenvalue weighted by atomic mass is 16.5. The number of benzene rings is 1. The lowest BCUT2D eigenvalue weighted by Crippen LogP contribution is -2.30. The highest BCUT2D eigenvalue weighted by molar-refractivity contribution is 5.96. The molecule has 2 aromatic heterocycles. The first-order valence-corrected chi connectivity index (χ1v) is 7.67. The van der Waals surface area contributed by atoms with Crippen LogP contribution < -0.4 is 5.63 Å². The SMILES string of the molecule is COCCc1noc(CN(C)C(=O)c2cc3ccccc3oc2=O)n1. The van der Waals surface area contributed by atoms with Gasteiger partial charge < -0.3 is 18.6 Å². The summed E-state index contributed by atoms with van der Waals surface area (Å²) < 4.78 is 15.3. The van der Waals surface area contributed by atoms with Crippen molar-refractivity contribution in [1.82, 2.24) is 15.0 Å². The third kappa shape index (κ3) is 3.74. The summed E-state index contributed by atoms with van der Waals surface area (Å²) in [6, 6.07) is 8.54. The average Bonchev–Trinajstić information content (AvgIpc) is 3.06. The Morgan fingerprint density at radius 1 is 1.32 bits per heavy atom. The number of nitrogens with zero attached hydrogens (tertiary/aromatic N) is 3. The molecule has 1 aromatic carbocycles. The minimum atomic E-state index is -0.679. The molecule has 0 bridgehead atoms. The molecule has 8 heteroatoms. The Morgan fingerprint density at radius 3 is 2.92 bits per heavy atom.